The number of hydrogen-bond donors (Lipinski definition) is 3. The summed E-state index contributed by atoms with van der Waals surface area (Å²) in [6.07, 6.45) is 3.13. The first-order valence-corrected chi connectivity index (χ1v) is 8.35. The molecule has 0 bridgehead atoms. The summed E-state index contributed by atoms with van der Waals surface area (Å²) in [7, 11) is 0. The van der Waals surface area contributed by atoms with E-state index in [1.807, 2.05) is 20.8 Å². The van der Waals surface area contributed by atoms with Crippen LogP contribution in [0.2, 0.25) is 0 Å². The minimum absolute atomic E-state index is 0.132. The fourth-order valence-corrected chi connectivity index (χ4v) is 3.24. The Morgan fingerprint density at radius 2 is 1.91 bits per heavy atom. The molecular formula is C16H28N4O3. The SMILES string of the molecule is CC(C(=O)NC(C)(CN)C(C)C)N1C(=O)NC2(CCCC2)C1=O. The van der Waals surface area contributed by atoms with Crippen LogP contribution in [0.3, 0.4) is 0 Å². The molecule has 2 unspecified atom stereocenters. The summed E-state index contributed by atoms with van der Waals surface area (Å²) in [4.78, 5) is 38.6. The number of nitrogens with one attached hydrogen (secondary N) is 2. The van der Waals surface area contributed by atoms with Crippen LogP contribution >= 0.6 is 0 Å². The van der Waals surface area contributed by atoms with E-state index in [4.69, 9.17) is 5.73 Å². The van der Waals surface area contributed by atoms with Gasteiger partial charge in [-0.05, 0) is 32.6 Å². The maximum atomic E-state index is 12.7. The molecule has 23 heavy (non-hydrogen) atoms. The van der Waals surface area contributed by atoms with Crippen molar-refractivity contribution in [2.45, 2.75) is 70.5 Å². The molecule has 1 spiro atoms. The molecule has 0 aromatic heterocycles. The number of rotatable bonds is 5. The van der Waals surface area contributed by atoms with Gasteiger partial charge in [-0.15, -0.1) is 0 Å². The number of nitrogens with zero attached hydrogens (tertiary/aromatic N) is 1. The van der Waals surface area contributed by atoms with E-state index >= 15 is 0 Å². The van der Waals surface area contributed by atoms with Crippen LogP contribution < -0.4 is 16.4 Å². The van der Waals surface area contributed by atoms with Crippen molar-refractivity contribution < 1.29 is 14.4 Å². The molecule has 7 heteroatoms. The first kappa shape index (κ1) is 17.7. The summed E-state index contributed by atoms with van der Waals surface area (Å²) < 4.78 is 0. The smallest absolute Gasteiger partial charge is 0.325 e. The van der Waals surface area contributed by atoms with Gasteiger partial charge in [0, 0.05) is 6.54 Å². The number of amides is 4. The van der Waals surface area contributed by atoms with Crippen LogP contribution in [-0.2, 0) is 9.59 Å². The number of imide groups is 1. The van der Waals surface area contributed by atoms with Crippen LogP contribution in [0.1, 0.15) is 53.4 Å². The zero-order chi connectivity index (χ0) is 17.4. The average molecular weight is 324 g/mol. The summed E-state index contributed by atoms with van der Waals surface area (Å²) in [5.74, 6) is -0.500. The van der Waals surface area contributed by atoms with Crippen LogP contribution in [0.5, 0.6) is 0 Å². The minimum atomic E-state index is -0.855. The zero-order valence-corrected chi connectivity index (χ0v) is 14.4. The average Bonchev–Trinajstić information content (AvgIpc) is 3.04. The summed E-state index contributed by atoms with van der Waals surface area (Å²) in [6.45, 7) is 7.68. The predicted molar refractivity (Wildman–Crippen MR) is 86.5 cm³/mol. The van der Waals surface area contributed by atoms with Gasteiger partial charge in [0.1, 0.15) is 11.6 Å². The molecule has 2 aliphatic rings. The van der Waals surface area contributed by atoms with Crippen molar-refractivity contribution in [1.82, 2.24) is 15.5 Å². The van der Waals surface area contributed by atoms with Gasteiger partial charge < -0.3 is 16.4 Å². The highest BCUT2D eigenvalue weighted by Gasteiger charge is 2.54. The Balaban J connectivity index is 2.13. The molecule has 0 aromatic carbocycles. The summed E-state index contributed by atoms with van der Waals surface area (Å²) in [5, 5.41) is 5.70. The number of nitrogens with two attached hydrogens (primary N) is 1. The molecule has 1 saturated heterocycles. The first-order valence-electron chi connectivity index (χ1n) is 8.35. The summed E-state index contributed by atoms with van der Waals surface area (Å²) in [6, 6.07) is -1.33. The van der Waals surface area contributed by atoms with E-state index in [0.29, 0.717) is 12.8 Å². The lowest BCUT2D eigenvalue weighted by Crippen LogP contribution is -2.60. The molecule has 4 amide bonds. The van der Waals surface area contributed by atoms with Gasteiger partial charge in [0.25, 0.3) is 5.91 Å². The van der Waals surface area contributed by atoms with Crippen molar-refractivity contribution in [2.75, 3.05) is 6.54 Å². The molecular weight excluding hydrogens is 296 g/mol. The lowest BCUT2D eigenvalue weighted by atomic mass is 9.88. The molecule has 0 aromatic rings. The lowest BCUT2D eigenvalue weighted by Gasteiger charge is -2.35. The molecule has 1 aliphatic carbocycles. The molecule has 2 atom stereocenters. The van der Waals surface area contributed by atoms with Crippen molar-refractivity contribution in [3.63, 3.8) is 0 Å². The quantitative estimate of drug-likeness (QED) is 0.648. The lowest BCUT2D eigenvalue weighted by molar-refractivity contribution is -0.138. The van der Waals surface area contributed by atoms with Crippen LogP contribution in [-0.4, -0.2) is 46.4 Å². The van der Waals surface area contributed by atoms with Crippen molar-refractivity contribution in [2.24, 2.45) is 11.7 Å². The van der Waals surface area contributed by atoms with E-state index < -0.39 is 23.2 Å². The largest absolute Gasteiger partial charge is 0.348 e. The minimum Gasteiger partial charge on any atom is -0.348 e. The number of carbonyl (C=O) groups is 3. The Kier molecular flexibility index (Phi) is 4.71. The standard InChI is InChI=1S/C16H28N4O3/c1-10(2)15(4,9-17)18-12(21)11(3)20-13(22)16(19-14(20)23)7-5-6-8-16/h10-11H,5-9,17H2,1-4H3,(H,18,21)(H,19,23). The molecule has 1 aliphatic heterocycles. The van der Waals surface area contributed by atoms with Gasteiger partial charge in [-0.2, -0.15) is 0 Å². The Labute approximate surface area is 137 Å². The van der Waals surface area contributed by atoms with Gasteiger partial charge in [0.2, 0.25) is 5.91 Å². The molecule has 1 heterocycles. The molecule has 7 nitrogen and oxygen atoms in total. The van der Waals surface area contributed by atoms with Crippen LogP contribution in [0.4, 0.5) is 4.79 Å². The number of urea groups is 1. The topological polar surface area (TPSA) is 105 Å². The maximum Gasteiger partial charge on any atom is 0.325 e. The highest BCUT2D eigenvalue weighted by molar-refractivity contribution is 6.10. The van der Waals surface area contributed by atoms with Gasteiger partial charge in [0.05, 0.1) is 5.54 Å². The van der Waals surface area contributed by atoms with Gasteiger partial charge in [-0.25, -0.2) is 9.69 Å². The Bertz CT molecular complexity index is 513. The third-order valence-corrected chi connectivity index (χ3v) is 5.52. The van der Waals surface area contributed by atoms with E-state index in [1.165, 1.54) is 0 Å². The van der Waals surface area contributed by atoms with Gasteiger partial charge in [0.15, 0.2) is 0 Å². The molecule has 2 fully saturated rings. The van der Waals surface area contributed by atoms with E-state index in [-0.39, 0.29) is 24.3 Å². The van der Waals surface area contributed by atoms with E-state index in [9.17, 15) is 14.4 Å². The second-order valence-corrected chi connectivity index (χ2v) is 7.34. The Morgan fingerprint density at radius 3 is 2.39 bits per heavy atom. The van der Waals surface area contributed by atoms with Crippen molar-refractivity contribution >= 4 is 17.8 Å². The highest BCUT2D eigenvalue weighted by Crippen LogP contribution is 2.35. The second-order valence-electron chi connectivity index (χ2n) is 7.34. The van der Waals surface area contributed by atoms with Crippen LogP contribution in [0.25, 0.3) is 0 Å². The van der Waals surface area contributed by atoms with Gasteiger partial charge in [-0.1, -0.05) is 26.7 Å². The van der Waals surface area contributed by atoms with Gasteiger partial charge >= 0.3 is 6.03 Å². The molecule has 1 saturated carbocycles. The third-order valence-electron chi connectivity index (χ3n) is 5.52. The normalized spacial score (nSPS) is 24.0. The van der Waals surface area contributed by atoms with Crippen molar-refractivity contribution in [3.8, 4) is 0 Å². The number of carbonyl (C=O) groups excluding carboxylic acids is 3. The summed E-state index contributed by atoms with van der Waals surface area (Å²) in [5.41, 5.74) is 4.42. The van der Waals surface area contributed by atoms with Crippen LogP contribution in [0.15, 0.2) is 0 Å². The Hall–Kier alpha value is -1.63. The molecule has 4 N–H and O–H groups in total. The third kappa shape index (κ3) is 2.94. The van der Waals surface area contributed by atoms with Gasteiger partial charge in [-0.3, -0.25) is 9.59 Å². The Morgan fingerprint density at radius 1 is 1.35 bits per heavy atom. The monoisotopic (exact) mass is 324 g/mol. The zero-order valence-electron chi connectivity index (χ0n) is 14.4. The van der Waals surface area contributed by atoms with E-state index in [0.717, 1.165) is 17.7 Å². The van der Waals surface area contributed by atoms with E-state index in [1.54, 1.807) is 6.92 Å². The van der Waals surface area contributed by atoms with Crippen molar-refractivity contribution in [1.29, 1.82) is 0 Å². The van der Waals surface area contributed by atoms with Crippen LogP contribution in [0, 0.1) is 5.92 Å². The fraction of sp³-hybridized carbons (Fsp3) is 0.812. The highest BCUT2D eigenvalue weighted by atomic mass is 16.2. The molecule has 130 valence electrons. The van der Waals surface area contributed by atoms with Crippen molar-refractivity contribution in [3.05, 3.63) is 0 Å². The molecule has 2 rings (SSSR count). The predicted octanol–water partition coefficient (Wildman–Crippen LogP) is 0.729. The number of hydrogen-bond acceptors (Lipinski definition) is 4. The van der Waals surface area contributed by atoms with E-state index in [2.05, 4.69) is 10.6 Å². The second kappa shape index (κ2) is 6.11. The molecule has 0 radical (unpaired) electrons. The maximum absolute atomic E-state index is 12.7. The fourth-order valence-electron chi connectivity index (χ4n) is 3.24. The summed E-state index contributed by atoms with van der Waals surface area (Å²) >= 11 is 0. The first-order chi connectivity index (χ1) is 10.7.